The first-order valence-corrected chi connectivity index (χ1v) is 12.5. The van der Waals surface area contributed by atoms with Gasteiger partial charge in [0.05, 0.1) is 6.07 Å². The Labute approximate surface area is 160 Å². The lowest BCUT2D eigenvalue weighted by Gasteiger charge is -2.26. The summed E-state index contributed by atoms with van der Waals surface area (Å²) in [6.45, 7) is 6.29. The number of nitriles is 1. The number of amides is 2. The fourth-order valence-corrected chi connectivity index (χ4v) is 4.20. The van der Waals surface area contributed by atoms with Gasteiger partial charge in [-0.2, -0.15) is 5.26 Å². The topological polar surface area (TPSA) is 119 Å². The van der Waals surface area contributed by atoms with Crippen LogP contribution in [0.2, 0.25) is 25.7 Å². The average Bonchev–Trinajstić information content (AvgIpc) is 3.32. The number of hydrogen-bond acceptors (Lipinski definition) is 4. The molecule has 2 amide bonds. The Kier molecular flexibility index (Phi) is 6.11. The first-order valence-electron chi connectivity index (χ1n) is 8.75. The molecule has 1 saturated carbocycles. The van der Waals surface area contributed by atoms with Gasteiger partial charge in [0.15, 0.2) is 0 Å². The molecule has 0 heterocycles. The molecule has 7 nitrogen and oxygen atoms in total. The second-order valence-electron chi connectivity index (χ2n) is 8.08. The molecule has 9 heteroatoms. The molecular weight excluding hydrogens is 361 g/mol. The second-order valence-corrected chi connectivity index (χ2v) is 13.6. The molecule has 1 fully saturated rings. The van der Waals surface area contributed by atoms with Crippen LogP contribution >= 0.6 is 0 Å². The highest BCUT2D eigenvalue weighted by atomic mass is 28.3. The molecule has 1 atom stereocenters. The first-order chi connectivity index (χ1) is 12.5. The molecule has 0 spiro atoms. The number of carboxylic acid groups (broad SMARTS) is 1. The second kappa shape index (κ2) is 7.96. The van der Waals surface area contributed by atoms with Crippen LogP contribution in [0.25, 0.3) is 0 Å². The molecule has 1 aliphatic rings. The van der Waals surface area contributed by atoms with E-state index in [0.29, 0.717) is 24.3 Å². The maximum absolute atomic E-state index is 12.7. The molecule has 3 N–H and O–H groups in total. The highest BCUT2D eigenvalue weighted by Crippen LogP contribution is 2.34. The van der Waals surface area contributed by atoms with Gasteiger partial charge in [0.1, 0.15) is 11.6 Å². The molecule has 1 aromatic carbocycles. The van der Waals surface area contributed by atoms with E-state index in [-0.39, 0.29) is 11.5 Å². The van der Waals surface area contributed by atoms with E-state index in [1.807, 2.05) is 0 Å². The van der Waals surface area contributed by atoms with Crippen molar-refractivity contribution >= 4 is 38.5 Å². The predicted octanol–water partition coefficient (Wildman–Crippen LogP) is 1.30. The zero-order valence-electron chi connectivity index (χ0n) is 15.7. The molecule has 0 saturated heterocycles. The summed E-state index contributed by atoms with van der Waals surface area (Å²) in [4.78, 5) is 36.1. The predicted molar refractivity (Wildman–Crippen MR) is 105 cm³/mol. The van der Waals surface area contributed by atoms with Crippen molar-refractivity contribution in [2.45, 2.75) is 50.1 Å². The third-order valence-corrected chi connectivity index (χ3v) is 5.84. The summed E-state index contributed by atoms with van der Waals surface area (Å²) in [7, 11) is -0.684. The van der Waals surface area contributed by atoms with Gasteiger partial charge in [-0.15, -0.1) is 0 Å². The zero-order chi connectivity index (χ0) is 20.2. The van der Waals surface area contributed by atoms with E-state index in [9.17, 15) is 19.6 Å². The van der Waals surface area contributed by atoms with Crippen LogP contribution in [-0.4, -0.2) is 49.7 Å². The molecule has 27 heavy (non-hydrogen) atoms. The fourth-order valence-electron chi connectivity index (χ4n) is 2.69. The molecule has 1 aliphatic carbocycles. The van der Waals surface area contributed by atoms with E-state index in [2.05, 4.69) is 36.3 Å². The lowest BCUT2D eigenvalue weighted by Crippen LogP contribution is -2.52. The molecule has 141 valence electrons. The number of rotatable bonds is 8. The zero-order valence-corrected chi connectivity index (χ0v) is 16.7. The van der Waals surface area contributed by atoms with Crippen LogP contribution in [0.5, 0.6) is 0 Å². The maximum Gasteiger partial charge on any atom is 0.299 e. The van der Waals surface area contributed by atoms with E-state index in [1.54, 1.807) is 18.2 Å². The number of hydrogen-bond donors (Lipinski definition) is 3. The maximum atomic E-state index is 12.7. The van der Waals surface area contributed by atoms with E-state index in [1.165, 1.54) is 6.07 Å². The van der Waals surface area contributed by atoms with Gasteiger partial charge in [0, 0.05) is 13.6 Å². The number of carbonyl (C=O) groups excluding carboxylic acids is 2. The van der Waals surface area contributed by atoms with Gasteiger partial charge >= 0.3 is 0 Å². The van der Waals surface area contributed by atoms with E-state index in [0.717, 1.165) is 7.28 Å². The number of nitrogens with one attached hydrogen (secondary N) is 2. The van der Waals surface area contributed by atoms with Crippen molar-refractivity contribution in [1.29, 1.82) is 5.26 Å². The molecule has 2 rings (SSSR count). The number of benzene rings is 1. The quantitative estimate of drug-likeness (QED) is 0.584. The van der Waals surface area contributed by atoms with E-state index < -0.39 is 31.4 Å². The average molecular weight is 384 g/mol. The van der Waals surface area contributed by atoms with E-state index in [4.69, 9.17) is 5.11 Å². The van der Waals surface area contributed by atoms with Crippen LogP contribution in [0.15, 0.2) is 24.3 Å². The van der Waals surface area contributed by atoms with Crippen LogP contribution in [-0.2, 0) is 4.79 Å². The number of nitrogens with zero attached hydrogens (tertiary/aromatic N) is 1. The first kappa shape index (κ1) is 20.7. The smallest absolute Gasteiger partial charge is 0.299 e. The van der Waals surface area contributed by atoms with Crippen molar-refractivity contribution in [3.05, 3.63) is 29.8 Å². The Morgan fingerprint density at radius 2 is 2.00 bits per heavy atom. The normalized spacial score (nSPS) is 15.8. The van der Waals surface area contributed by atoms with Crippen LogP contribution < -0.4 is 16.1 Å². The molecule has 0 aromatic heterocycles. The van der Waals surface area contributed by atoms with Crippen LogP contribution in [0.3, 0.4) is 0 Å². The Morgan fingerprint density at radius 3 is 2.52 bits per heavy atom. The fraction of sp³-hybridized carbons (Fsp3) is 0.444. The van der Waals surface area contributed by atoms with Gasteiger partial charge in [-0.25, -0.2) is 0 Å². The van der Waals surface area contributed by atoms with Crippen molar-refractivity contribution in [1.82, 2.24) is 10.6 Å². The summed E-state index contributed by atoms with van der Waals surface area (Å²) in [6, 6.07) is 8.12. The minimum atomic E-state index is -1.69. The van der Waals surface area contributed by atoms with E-state index >= 15 is 0 Å². The standard InChI is InChI=1S/C18H23BN3O4Si/c1-27(2,3)10-14(16(24)22-18(11-20)7-8-18)21-15(23)12-5-4-6-13(9-12)19-17(25)26/h4-6,9,14H,7-8,10H2,1-3H3,(H,21,23)(H,22,24)(H,25,26)/t14-/m0/s1. The van der Waals surface area contributed by atoms with Crippen molar-refractivity contribution in [2.24, 2.45) is 0 Å². The van der Waals surface area contributed by atoms with Gasteiger partial charge < -0.3 is 15.7 Å². The summed E-state index contributed by atoms with van der Waals surface area (Å²) in [5, 5.41) is 23.6. The van der Waals surface area contributed by atoms with Gasteiger partial charge in [-0.1, -0.05) is 43.3 Å². The lowest BCUT2D eigenvalue weighted by atomic mass is 9.70. The van der Waals surface area contributed by atoms with Gasteiger partial charge in [0.2, 0.25) is 11.8 Å². The van der Waals surface area contributed by atoms with Gasteiger partial charge in [-0.05, 0) is 25.0 Å². The molecule has 0 bridgehead atoms. The number of carbonyl (C=O) groups is 3. The molecule has 0 aliphatic heterocycles. The molecule has 1 aromatic rings. The minimum absolute atomic E-state index is 0.278. The van der Waals surface area contributed by atoms with Gasteiger partial charge in [-0.3, -0.25) is 14.4 Å². The third kappa shape index (κ3) is 6.25. The monoisotopic (exact) mass is 384 g/mol. The summed E-state index contributed by atoms with van der Waals surface area (Å²) in [6.07, 6.45) is 1.24. The molecule has 1 radical (unpaired) electrons. The summed E-state index contributed by atoms with van der Waals surface area (Å²) >= 11 is 0. The molecular formula is C18H23BN3O4Si. The van der Waals surface area contributed by atoms with Crippen molar-refractivity contribution in [2.75, 3.05) is 0 Å². The minimum Gasteiger partial charge on any atom is -0.489 e. The summed E-state index contributed by atoms with van der Waals surface area (Å²) < 4.78 is 0. The summed E-state index contributed by atoms with van der Waals surface area (Å²) in [5.74, 6) is -1.90. The van der Waals surface area contributed by atoms with Crippen molar-refractivity contribution in [3.8, 4) is 6.07 Å². The van der Waals surface area contributed by atoms with Gasteiger partial charge in [0.25, 0.3) is 13.2 Å². The highest BCUT2D eigenvalue weighted by molar-refractivity contribution is 6.82. The highest BCUT2D eigenvalue weighted by Gasteiger charge is 2.46. The van der Waals surface area contributed by atoms with Crippen molar-refractivity contribution in [3.63, 3.8) is 0 Å². The van der Waals surface area contributed by atoms with Crippen molar-refractivity contribution < 1.29 is 19.5 Å². The Bertz CT molecular complexity index is 797. The lowest BCUT2D eigenvalue weighted by molar-refractivity contribution is -0.123. The Balaban J connectivity index is 2.14. The van der Waals surface area contributed by atoms with Crippen LogP contribution in [0.1, 0.15) is 23.2 Å². The SMILES string of the molecule is C[Si](C)(C)C[C@H](NC(=O)c1cccc([B]C(=O)O)c1)C(=O)NC1(C#N)CC1. The molecule has 0 unspecified atom stereocenters. The van der Waals surface area contributed by atoms with Crippen LogP contribution in [0, 0.1) is 11.3 Å². The Morgan fingerprint density at radius 1 is 1.33 bits per heavy atom. The summed E-state index contributed by atoms with van der Waals surface area (Å²) in [5.41, 5.74) is -0.127. The van der Waals surface area contributed by atoms with Crippen LogP contribution in [0.4, 0.5) is 4.79 Å². The largest absolute Gasteiger partial charge is 0.489 e. The third-order valence-electron chi connectivity index (χ3n) is 4.20. The Hall–Kier alpha value is -2.60.